The van der Waals surface area contributed by atoms with Crippen LogP contribution in [0.5, 0.6) is 0 Å². The second-order valence-corrected chi connectivity index (χ2v) is 7.45. The topological polar surface area (TPSA) is 72.5 Å². The van der Waals surface area contributed by atoms with Gasteiger partial charge in [-0.2, -0.15) is 0 Å². The zero-order valence-corrected chi connectivity index (χ0v) is 15.0. The van der Waals surface area contributed by atoms with E-state index in [4.69, 9.17) is 16.3 Å². The number of benzene rings is 1. The molecule has 0 heterocycles. The van der Waals surface area contributed by atoms with Gasteiger partial charge in [0.15, 0.2) is 6.61 Å². The molecular weight excluding hydrogens is 342 g/mol. The smallest absolute Gasteiger partial charge is 0.309 e. The second kappa shape index (κ2) is 7.56. The summed E-state index contributed by atoms with van der Waals surface area (Å²) in [5.41, 5.74) is 1.48. The third-order valence-electron chi connectivity index (χ3n) is 5.20. The zero-order chi connectivity index (χ0) is 18.0. The molecule has 134 valence electrons. The Morgan fingerprint density at radius 3 is 2.60 bits per heavy atom. The highest BCUT2D eigenvalue weighted by molar-refractivity contribution is 6.31. The lowest BCUT2D eigenvalue weighted by atomic mass is 9.67. The fraction of sp³-hybridized carbons (Fsp3) is 0.526. The Hall–Kier alpha value is -1.88. The van der Waals surface area contributed by atoms with Crippen LogP contribution in [0.15, 0.2) is 18.2 Å². The lowest BCUT2D eigenvalue weighted by Gasteiger charge is -2.36. The van der Waals surface area contributed by atoms with Gasteiger partial charge in [0.2, 0.25) is 0 Å². The molecule has 0 aliphatic heterocycles. The lowest BCUT2D eigenvalue weighted by molar-refractivity contribution is -0.155. The number of nitrogens with one attached hydrogen (secondary N) is 1. The van der Waals surface area contributed by atoms with Gasteiger partial charge in [0.05, 0.1) is 5.92 Å². The molecular formula is C19H22ClNO4. The summed E-state index contributed by atoms with van der Waals surface area (Å²) in [6.07, 6.45) is 3.91. The van der Waals surface area contributed by atoms with E-state index in [-0.39, 0.29) is 30.3 Å². The third-order valence-corrected chi connectivity index (χ3v) is 5.44. The van der Waals surface area contributed by atoms with E-state index in [9.17, 15) is 14.4 Å². The SMILES string of the molecule is Cc1ccc(Cl)cc1NC(=O)COC(=O)C1C[C@H]2CCC[C@@H](C1)C2=O. The average molecular weight is 364 g/mol. The van der Waals surface area contributed by atoms with Crippen molar-refractivity contribution < 1.29 is 19.1 Å². The molecule has 1 aromatic carbocycles. The number of Topliss-reactive ketones (excluding diaryl/α,β-unsaturated/α-hetero) is 1. The van der Waals surface area contributed by atoms with Gasteiger partial charge in [-0.1, -0.05) is 24.1 Å². The third kappa shape index (κ3) is 4.21. The zero-order valence-electron chi connectivity index (χ0n) is 14.2. The minimum absolute atomic E-state index is 0.00649. The number of hydrogen-bond donors (Lipinski definition) is 1. The molecule has 5 nitrogen and oxygen atoms in total. The number of esters is 1. The van der Waals surface area contributed by atoms with Crippen molar-refractivity contribution in [2.45, 2.75) is 39.0 Å². The van der Waals surface area contributed by atoms with Crippen LogP contribution >= 0.6 is 11.6 Å². The minimum atomic E-state index is -0.397. The molecule has 1 unspecified atom stereocenters. The Balaban J connectivity index is 1.51. The van der Waals surface area contributed by atoms with Crippen molar-refractivity contribution in [2.24, 2.45) is 17.8 Å². The largest absolute Gasteiger partial charge is 0.455 e. The fourth-order valence-corrected chi connectivity index (χ4v) is 4.01. The van der Waals surface area contributed by atoms with Gasteiger partial charge in [0.1, 0.15) is 5.78 Å². The Bertz CT molecular complexity index is 687. The van der Waals surface area contributed by atoms with Gasteiger partial charge in [0, 0.05) is 22.5 Å². The Morgan fingerprint density at radius 1 is 1.24 bits per heavy atom. The highest BCUT2D eigenvalue weighted by Gasteiger charge is 2.41. The van der Waals surface area contributed by atoms with Crippen LogP contribution in [-0.2, 0) is 19.1 Å². The summed E-state index contributed by atoms with van der Waals surface area (Å²) < 4.78 is 5.19. The number of hydrogen-bond acceptors (Lipinski definition) is 4. The number of carbonyl (C=O) groups excluding carboxylic acids is 3. The van der Waals surface area contributed by atoms with Crippen molar-refractivity contribution in [3.63, 3.8) is 0 Å². The quantitative estimate of drug-likeness (QED) is 0.830. The summed E-state index contributed by atoms with van der Waals surface area (Å²) in [4.78, 5) is 36.4. The molecule has 0 spiro atoms. The molecule has 6 heteroatoms. The van der Waals surface area contributed by atoms with E-state index in [1.807, 2.05) is 13.0 Å². The van der Waals surface area contributed by atoms with Crippen molar-refractivity contribution in [1.82, 2.24) is 0 Å². The van der Waals surface area contributed by atoms with Gasteiger partial charge in [-0.25, -0.2) is 0 Å². The van der Waals surface area contributed by atoms with E-state index in [0.29, 0.717) is 29.3 Å². The molecule has 3 atom stereocenters. The maximum Gasteiger partial charge on any atom is 0.309 e. The number of anilines is 1. The Kier molecular flexibility index (Phi) is 5.42. The molecule has 2 saturated carbocycles. The van der Waals surface area contributed by atoms with E-state index in [1.165, 1.54) is 0 Å². The van der Waals surface area contributed by atoms with Crippen LogP contribution in [0, 0.1) is 24.7 Å². The van der Waals surface area contributed by atoms with Gasteiger partial charge in [0.25, 0.3) is 5.91 Å². The van der Waals surface area contributed by atoms with Crippen LogP contribution < -0.4 is 5.32 Å². The van der Waals surface area contributed by atoms with Gasteiger partial charge in [-0.15, -0.1) is 0 Å². The summed E-state index contributed by atoms with van der Waals surface area (Å²) in [6.45, 7) is 1.53. The van der Waals surface area contributed by atoms with Gasteiger partial charge in [-0.3, -0.25) is 14.4 Å². The van der Waals surface area contributed by atoms with Crippen LogP contribution in [0.3, 0.4) is 0 Å². The first-order chi connectivity index (χ1) is 11.9. The number of ketones is 1. The second-order valence-electron chi connectivity index (χ2n) is 7.01. The highest BCUT2D eigenvalue weighted by atomic mass is 35.5. The van der Waals surface area contributed by atoms with Crippen LogP contribution in [-0.4, -0.2) is 24.3 Å². The summed E-state index contributed by atoms with van der Waals surface area (Å²) in [7, 11) is 0. The van der Waals surface area contributed by atoms with Crippen molar-refractivity contribution in [3.8, 4) is 0 Å². The Labute approximate surface area is 152 Å². The van der Waals surface area contributed by atoms with Crippen LogP contribution in [0.4, 0.5) is 5.69 Å². The summed E-state index contributed by atoms with van der Waals surface area (Å²) in [5, 5.41) is 3.23. The van der Waals surface area contributed by atoms with E-state index in [1.54, 1.807) is 12.1 Å². The molecule has 1 aromatic rings. The lowest BCUT2D eigenvalue weighted by Crippen LogP contribution is -2.40. The van der Waals surface area contributed by atoms with E-state index in [0.717, 1.165) is 24.8 Å². The van der Waals surface area contributed by atoms with Crippen LogP contribution in [0.1, 0.15) is 37.7 Å². The standard InChI is InChI=1S/C19H22ClNO4/c1-11-5-6-15(20)9-16(11)21-17(22)10-25-19(24)14-7-12-3-2-4-13(8-14)18(12)23/h5-6,9,12-14H,2-4,7-8,10H2,1H3,(H,21,22)/t12-,13+,14?. The summed E-state index contributed by atoms with van der Waals surface area (Å²) >= 11 is 5.92. The monoisotopic (exact) mass is 363 g/mol. The molecule has 2 bridgehead atoms. The maximum atomic E-state index is 12.3. The molecule has 0 saturated heterocycles. The maximum absolute atomic E-state index is 12.3. The number of ether oxygens (including phenoxy) is 1. The van der Waals surface area contributed by atoms with E-state index >= 15 is 0 Å². The molecule has 1 N–H and O–H groups in total. The predicted molar refractivity (Wildman–Crippen MR) is 94.3 cm³/mol. The molecule has 2 aliphatic rings. The Morgan fingerprint density at radius 2 is 1.92 bits per heavy atom. The number of aryl methyl sites for hydroxylation is 1. The van der Waals surface area contributed by atoms with Crippen molar-refractivity contribution in [1.29, 1.82) is 0 Å². The van der Waals surface area contributed by atoms with Gasteiger partial charge in [-0.05, 0) is 50.3 Å². The average Bonchev–Trinajstić information content (AvgIpc) is 2.56. The molecule has 25 heavy (non-hydrogen) atoms. The number of fused-ring (bicyclic) bond motifs is 2. The fourth-order valence-electron chi connectivity index (χ4n) is 3.84. The summed E-state index contributed by atoms with van der Waals surface area (Å²) in [6, 6.07) is 5.21. The van der Waals surface area contributed by atoms with Gasteiger partial charge < -0.3 is 10.1 Å². The first kappa shape index (κ1) is 17.9. The molecule has 2 aliphatic carbocycles. The normalized spacial score (nSPS) is 25.4. The number of rotatable bonds is 4. The molecule has 3 rings (SSSR count). The van der Waals surface area contributed by atoms with E-state index < -0.39 is 5.91 Å². The first-order valence-corrected chi connectivity index (χ1v) is 9.08. The van der Waals surface area contributed by atoms with Gasteiger partial charge >= 0.3 is 5.97 Å². The number of amides is 1. The minimum Gasteiger partial charge on any atom is -0.455 e. The number of carbonyl (C=O) groups is 3. The first-order valence-electron chi connectivity index (χ1n) is 8.70. The van der Waals surface area contributed by atoms with Crippen LogP contribution in [0.25, 0.3) is 0 Å². The highest BCUT2D eigenvalue weighted by Crippen LogP contribution is 2.40. The number of halogens is 1. The molecule has 0 aromatic heterocycles. The van der Waals surface area contributed by atoms with Crippen molar-refractivity contribution in [3.05, 3.63) is 28.8 Å². The predicted octanol–water partition coefficient (Wildman–Crippen LogP) is 3.53. The van der Waals surface area contributed by atoms with Crippen molar-refractivity contribution >= 4 is 34.9 Å². The summed E-state index contributed by atoms with van der Waals surface area (Å²) in [5.74, 6) is -0.743. The molecule has 1 amide bonds. The van der Waals surface area contributed by atoms with Crippen LogP contribution in [0.2, 0.25) is 5.02 Å². The van der Waals surface area contributed by atoms with E-state index in [2.05, 4.69) is 5.32 Å². The molecule has 0 radical (unpaired) electrons. The van der Waals surface area contributed by atoms with Crippen molar-refractivity contribution in [2.75, 3.05) is 11.9 Å². The molecule has 2 fully saturated rings.